The lowest BCUT2D eigenvalue weighted by molar-refractivity contribution is -0.384. The van der Waals surface area contributed by atoms with Crippen LogP contribution in [0.5, 0.6) is 0 Å². The molecule has 0 aliphatic heterocycles. The van der Waals surface area contributed by atoms with Crippen molar-refractivity contribution >= 4 is 39.1 Å². The average Bonchev–Trinajstić information content (AvgIpc) is 3.06. The summed E-state index contributed by atoms with van der Waals surface area (Å²) in [6.45, 7) is 0.555. The Kier molecular flexibility index (Phi) is 4.82. The molecule has 0 atom stereocenters. The van der Waals surface area contributed by atoms with Gasteiger partial charge in [-0.3, -0.25) is 10.1 Å². The summed E-state index contributed by atoms with van der Waals surface area (Å²) in [7, 11) is 0. The molecule has 0 saturated carbocycles. The predicted molar refractivity (Wildman–Crippen MR) is 113 cm³/mol. The number of aromatic nitrogens is 1. The fourth-order valence-corrected chi connectivity index (χ4v) is 3.61. The number of benzene rings is 3. The summed E-state index contributed by atoms with van der Waals surface area (Å²) < 4.78 is 2.08. The van der Waals surface area contributed by atoms with Gasteiger partial charge < -0.3 is 9.67 Å². The maximum atomic E-state index is 10.8. The lowest BCUT2D eigenvalue weighted by atomic mass is 10.0. The van der Waals surface area contributed by atoms with E-state index in [1.165, 1.54) is 12.1 Å². The second-order valence-electron chi connectivity index (χ2n) is 6.64. The number of nitriles is 1. The van der Waals surface area contributed by atoms with Gasteiger partial charge in [0.25, 0.3) is 5.69 Å². The largest absolute Gasteiger partial charge is 0.395 e. The van der Waals surface area contributed by atoms with E-state index >= 15 is 0 Å². The Balaban J connectivity index is 1.82. The standard InChI is InChI=1S/C23H17N3O3/c24-15-18(17-6-8-19(9-7-17)26(28)29)13-16-5-10-23-21(14-16)20-3-1-2-4-22(20)25(23)11-12-27/h1-10,13-14,27H,11-12H2/b18-13+. The number of non-ortho nitro benzene ring substituents is 1. The van der Waals surface area contributed by atoms with Crippen molar-refractivity contribution in [1.29, 1.82) is 5.26 Å². The molecule has 6 heteroatoms. The normalized spacial score (nSPS) is 11.7. The minimum atomic E-state index is -0.463. The topological polar surface area (TPSA) is 92.1 Å². The molecule has 0 aliphatic rings. The molecule has 3 aromatic carbocycles. The van der Waals surface area contributed by atoms with Crippen molar-refractivity contribution in [3.63, 3.8) is 0 Å². The highest BCUT2D eigenvalue weighted by atomic mass is 16.6. The molecule has 1 heterocycles. The highest BCUT2D eigenvalue weighted by molar-refractivity contribution is 6.09. The molecule has 0 saturated heterocycles. The van der Waals surface area contributed by atoms with E-state index in [9.17, 15) is 20.5 Å². The number of allylic oxidation sites excluding steroid dienone is 1. The number of hydrogen-bond donors (Lipinski definition) is 1. The molecule has 4 rings (SSSR count). The molecule has 0 bridgehead atoms. The lowest BCUT2D eigenvalue weighted by Gasteiger charge is -2.05. The summed E-state index contributed by atoms with van der Waals surface area (Å²) in [5, 5.41) is 32.0. The van der Waals surface area contributed by atoms with Gasteiger partial charge in [0.15, 0.2) is 0 Å². The molecular formula is C23H17N3O3. The Morgan fingerprint density at radius 2 is 1.79 bits per heavy atom. The van der Waals surface area contributed by atoms with E-state index in [1.807, 2.05) is 42.5 Å². The van der Waals surface area contributed by atoms with Crippen molar-refractivity contribution in [1.82, 2.24) is 4.57 Å². The van der Waals surface area contributed by atoms with Crippen molar-refractivity contribution < 1.29 is 10.0 Å². The van der Waals surface area contributed by atoms with E-state index in [1.54, 1.807) is 18.2 Å². The minimum Gasteiger partial charge on any atom is -0.395 e. The Morgan fingerprint density at radius 3 is 2.48 bits per heavy atom. The Morgan fingerprint density at radius 1 is 1.07 bits per heavy atom. The molecule has 142 valence electrons. The monoisotopic (exact) mass is 383 g/mol. The zero-order valence-electron chi connectivity index (χ0n) is 15.4. The molecule has 1 aromatic heterocycles. The van der Waals surface area contributed by atoms with E-state index in [2.05, 4.69) is 10.6 Å². The first-order chi connectivity index (χ1) is 14.1. The van der Waals surface area contributed by atoms with Crippen molar-refractivity contribution in [3.05, 3.63) is 88.0 Å². The summed E-state index contributed by atoms with van der Waals surface area (Å²) >= 11 is 0. The molecular weight excluding hydrogens is 366 g/mol. The average molecular weight is 383 g/mol. The molecule has 0 amide bonds. The zero-order chi connectivity index (χ0) is 20.4. The molecule has 0 unspecified atom stereocenters. The van der Waals surface area contributed by atoms with E-state index < -0.39 is 4.92 Å². The molecule has 6 nitrogen and oxygen atoms in total. The second-order valence-corrected chi connectivity index (χ2v) is 6.64. The first-order valence-electron chi connectivity index (χ1n) is 9.11. The van der Waals surface area contributed by atoms with E-state index in [4.69, 9.17) is 0 Å². The van der Waals surface area contributed by atoms with Crippen LogP contribution in [-0.2, 0) is 6.54 Å². The number of aliphatic hydroxyl groups is 1. The van der Waals surface area contributed by atoms with Crippen LogP contribution < -0.4 is 0 Å². The van der Waals surface area contributed by atoms with Crippen LogP contribution in [0.1, 0.15) is 11.1 Å². The van der Waals surface area contributed by atoms with E-state index in [0.29, 0.717) is 17.7 Å². The van der Waals surface area contributed by atoms with Gasteiger partial charge in [-0.2, -0.15) is 5.26 Å². The third kappa shape index (κ3) is 3.35. The quantitative estimate of drug-likeness (QED) is 0.233. The summed E-state index contributed by atoms with van der Waals surface area (Å²) in [5.41, 5.74) is 3.97. The number of nitrogens with zero attached hydrogens (tertiary/aromatic N) is 3. The fraction of sp³-hybridized carbons (Fsp3) is 0.0870. The SMILES string of the molecule is N#C/C(=C\c1ccc2c(c1)c1ccccc1n2CCO)c1ccc([N+](=O)[O-])cc1. The van der Waals surface area contributed by atoms with Gasteiger partial charge in [0.1, 0.15) is 0 Å². The zero-order valence-corrected chi connectivity index (χ0v) is 15.4. The van der Waals surface area contributed by atoms with Crippen molar-refractivity contribution in [2.24, 2.45) is 0 Å². The molecule has 0 spiro atoms. The number of fused-ring (bicyclic) bond motifs is 3. The number of rotatable bonds is 5. The van der Waals surface area contributed by atoms with Crippen molar-refractivity contribution in [2.45, 2.75) is 6.54 Å². The fourth-order valence-electron chi connectivity index (χ4n) is 3.61. The van der Waals surface area contributed by atoms with Crippen LogP contribution in [0, 0.1) is 21.4 Å². The molecule has 1 N–H and O–H groups in total. The van der Waals surface area contributed by atoms with Crippen LogP contribution in [0.4, 0.5) is 5.69 Å². The Bertz CT molecular complexity index is 1290. The first kappa shape index (κ1) is 18.4. The van der Waals surface area contributed by atoms with Crippen LogP contribution in [0.15, 0.2) is 66.7 Å². The molecule has 0 radical (unpaired) electrons. The number of nitro benzene ring substituents is 1. The number of para-hydroxylation sites is 1. The number of aliphatic hydroxyl groups excluding tert-OH is 1. The molecule has 0 fully saturated rings. The summed E-state index contributed by atoms with van der Waals surface area (Å²) in [6, 6.07) is 22.1. The van der Waals surface area contributed by atoms with Gasteiger partial charge in [-0.15, -0.1) is 0 Å². The van der Waals surface area contributed by atoms with Gasteiger partial charge in [0, 0.05) is 40.5 Å². The van der Waals surface area contributed by atoms with Gasteiger partial charge in [-0.25, -0.2) is 0 Å². The van der Waals surface area contributed by atoms with Crippen LogP contribution in [-0.4, -0.2) is 21.2 Å². The van der Waals surface area contributed by atoms with Crippen LogP contribution in [0.3, 0.4) is 0 Å². The van der Waals surface area contributed by atoms with E-state index in [0.717, 1.165) is 27.4 Å². The third-order valence-electron chi connectivity index (χ3n) is 4.94. The predicted octanol–water partition coefficient (Wildman–Crippen LogP) is 4.76. The smallest absolute Gasteiger partial charge is 0.269 e. The Hall–Kier alpha value is -3.95. The van der Waals surface area contributed by atoms with Crippen molar-refractivity contribution in [2.75, 3.05) is 6.61 Å². The van der Waals surface area contributed by atoms with Gasteiger partial charge in [-0.05, 0) is 47.5 Å². The maximum absolute atomic E-state index is 10.8. The Labute approximate surface area is 166 Å². The lowest BCUT2D eigenvalue weighted by Crippen LogP contribution is -2.01. The summed E-state index contributed by atoms with van der Waals surface area (Å²) in [5.74, 6) is 0. The minimum absolute atomic E-state index is 0.0100. The van der Waals surface area contributed by atoms with Gasteiger partial charge in [0.2, 0.25) is 0 Å². The highest BCUT2D eigenvalue weighted by Gasteiger charge is 2.11. The summed E-state index contributed by atoms with van der Waals surface area (Å²) in [6.07, 6.45) is 1.78. The maximum Gasteiger partial charge on any atom is 0.269 e. The second kappa shape index (κ2) is 7.58. The summed E-state index contributed by atoms with van der Waals surface area (Å²) in [4.78, 5) is 10.4. The van der Waals surface area contributed by atoms with Crippen molar-refractivity contribution in [3.8, 4) is 6.07 Å². The van der Waals surface area contributed by atoms with E-state index in [-0.39, 0.29) is 12.3 Å². The van der Waals surface area contributed by atoms with Crippen LogP contribution in [0.25, 0.3) is 33.5 Å². The first-order valence-corrected chi connectivity index (χ1v) is 9.11. The van der Waals surface area contributed by atoms with Gasteiger partial charge in [0.05, 0.1) is 23.2 Å². The third-order valence-corrected chi connectivity index (χ3v) is 4.94. The van der Waals surface area contributed by atoms with Gasteiger partial charge >= 0.3 is 0 Å². The number of hydrogen-bond acceptors (Lipinski definition) is 4. The number of nitro groups is 1. The molecule has 29 heavy (non-hydrogen) atoms. The van der Waals surface area contributed by atoms with Crippen LogP contribution >= 0.6 is 0 Å². The van der Waals surface area contributed by atoms with Gasteiger partial charge in [-0.1, -0.05) is 24.3 Å². The molecule has 0 aliphatic carbocycles. The van der Waals surface area contributed by atoms with Crippen LogP contribution in [0.2, 0.25) is 0 Å². The molecule has 4 aromatic rings. The highest BCUT2D eigenvalue weighted by Crippen LogP contribution is 2.31.